The van der Waals surface area contributed by atoms with Gasteiger partial charge in [0.15, 0.2) is 0 Å². The molecule has 2 rings (SSSR count). The van der Waals surface area contributed by atoms with Gasteiger partial charge in [-0.2, -0.15) is 0 Å². The minimum absolute atomic E-state index is 0.704. The van der Waals surface area contributed by atoms with Crippen molar-refractivity contribution >= 4 is 0 Å². The van der Waals surface area contributed by atoms with E-state index in [0.29, 0.717) is 5.92 Å². The normalized spacial score (nSPS) is 42.7. The molecule has 0 amide bonds. The van der Waals surface area contributed by atoms with Crippen molar-refractivity contribution in [1.82, 2.24) is 0 Å². The molecule has 0 aliphatic heterocycles. The summed E-state index contributed by atoms with van der Waals surface area (Å²) in [6.07, 6.45) is 4.17. The Balaban J connectivity index is 1.98. The third kappa shape index (κ3) is 0.764. The lowest BCUT2D eigenvalue weighted by molar-refractivity contribution is 0.234. The summed E-state index contributed by atoms with van der Waals surface area (Å²) in [6, 6.07) is 0. The molecule has 3 unspecified atom stereocenters. The molecule has 0 heterocycles. The summed E-state index contributed by atoms with van der Waals surface area (Å²) in [4.78, 5) is 0. The van der Waals surface area contributed by atoms with Crippen molar-refractivity contribution in [3.63, 3.8) is 0 Å². The lowest BCUT2D eigenvalue weighted by atomic mass is 10.0. The third-order valence-electron chi connectivity index (χ3n) is 3.02. The lowest BCUT2D eigenvalue weighted by Crippen LogP contribution is -2.03. The van der Waals surface area contributed by atoms with E-state index in [0.717, 1.165) is 17.6 Å². The topological polar surface area (TPSA) is 9.23 Å². The number of ether oxygens (including phenoxy) is 1. The highest BCUT2D eigenvalue weighted by molar-refractivity contribution is 5.07. The summed E-state index contributed by atoms with van der Waals surface area (Å²) in [5, 5.41) is 0. The van der Waals surface area contributed by atoms with E-state index in [1.54, 1.807) is 7.11 Å². The Kier molecular flexibility index (Phi) is 1.26. The van der Waals surface area contributed by atoms with Crippen LogP contribution in [-0.2, 0) is 4.74 Å². The highest BCUT2D eigenvalue weighted by Gasteiger charge is 2.49. The summed E-state index contributed by atoms with van der Waals surface area (Å²) >= 11 is 0. The monoisotopic (exact) mass is 138 g/mol. The van der Waals surface area contributed by atoms with E-state index in [9.17, 15) is 0 Å². The molecule has 2 saturated carbocycles. The molecule has 2 fully saturated rings. The fourth-order valence-electron chi connectivity index (χ4n) is 2.25. The fourth-order valence-corrected chi connectivity index (χ4v) is 2.25. The van der Waals surface area contributed by atoms with Gasteiger partial charge in [0.1, 0.15) is 0 Å². The second kappa shape index (κ2) is 2.01. The molecule has 10 heavy (non-hydrogen) atoms. The minimum Gasteiger partial charge on any atom is -0.501 e. The zero-order valence-electron chi connectivity index (χ0n) is 6.47. The van der Waals surface area contributed by atoms with Gasteiger partial charge < -0.3 is 4.74 Å². The van der Waals surface area contributed by atoms with Crippen molar-refractivity contribution in [2.24, 2.45) is 17.8 Å². The second-order valence-corrected chi connectivity index (χ2v) is 3.51. The lowest BCUT2D eigenvalue weighted by Gasteiger charge is -2.12. The Morgan fingerprint density at radius 2 is 2.30 bits per heavy atom. The van der Waals surface area contributed by atoms with Crippen LogP contribution in [0.25, 0.3) is 0 Å². The molecule has 1 nitrogen and oxygen atoms in total. The van der Waals surface area contributed by atoms with Crippen molar-refractivity contribution in [2.75, 3.05) is 7.11 Å². The van der Waals surface area contributed by atoms with Gasteiger partial charge in [0.25, 0.3) is 0 Å². The molecule has 0 aromatic heterocycles. The smallest absolute Gasteiger partial charge is 0.0917 e. The Bertz CT molecular complexity index is 162. The van der Waals surface area contributed by atoms with Crippen molar-refractivity contribution in [3.8, 4) is 0 Å². The maximum atomic E-state index is 5.14. The molecule has 2 aliphatic rings. The van der Waals surface area contributed by atoms with Crippen LogP contribution in [0.5, 0.6) is 0 Å². The number of methoxy groups -OCH3 is 1. The largest absolute Gasteiger partial charge is 0.501 e. The highest BCUT2D eigenvalue weighted by Crippen LogP contribution is 2.57. The van der Waals surface area contributed by atoms with Crippen molar-refractivity contribution in [2.45, 2.75) is 19.3 Å². The van der Waals surface area contributed by atoms with E-state index in [4.69, 9.17) is 4.74 Å². The number of fused-ring (bicyclic) bond motifs is 1. The SMILES string of the molecule is C=C(OC)C1CCC2CC21. The Morgan fingerprint density at radius 1 is 1.50 bits per heavy atom. The second-order valence-electron chi connectivity index (χ2n) is 3.51. The van der Waals surface area contributed by atoms with E-state index in [1.807, 2.05) is 0 Å². The van der Waals surface area contributed by atoms with Gasteiger partial charge in [-0.25, -0.2) is 0 Å². The van der Waals surface area contributed by atoms with Gasteiger partial charge >= 0.3 is 0 Å². The first-order chi connectivity index (χ1) is 4.83. The van der Waals surface area contributed by atoms with E-state index < -0.39 is 0 Å². The van der Waals surface area contributed by atoms with Gasteiger partial charge in [0, 0.05) is 5.92 Å². The van der Waals surface area contributed by atoms with Crippen molar-refractivity contribution in [3.05, 3.63) is 12.3 Å². The maximum absolute atomic E-state index is 5.14. The number of hydrogen-bond donors (Lipinski definition) is 0. The molecule has 56 valence electrons. The van der Waals surface area contributed by atoms with Crippen LogP contribution in [-0.4, -0.2) is 7.11 Å². The number of rotatable bonds is 2. The first-order valence-corrected chi connectivity index (χ1v) is 4.05. The van der Waals surface area contributed by atoms with Crippen LogP contribution in [0.2, 0.25) is 0 Å². The van der Waals surface area contributed by atoms with E-state index in [2.05, 4.69) is 6.58 Å². The zero-order valence-corrected chi connectivity index (χ0v) is 6.47. The van der Waals surface area contributed by atoms with Gasteiger partial charge in [0.2, 0.25) is 0 Å². The predicted octanol–water partition coefficient (Wildman–Crippen LogP) is 2.19. The summed E-state index contributed by atoms with van der Waals surface area (Å²) in [5.41, 5.74) is 0. The molecule has 2 aliphatic carbocycles. The third-order valence-corrected chi connectivity index (χ3v) is 3.02. The molecular formula is C9H14O. The fraction of sp³-hybridized carbons (Fsp3) is 0.778. The Morgan fingerprint density at radius 3 is 2.70 bits per heavy atom. The van der Waals surface area contributed by atoms with Gasteiger partial charge in [0.05, 0.1) is 12.9 Å². The molecule has 3 atom stereocenters. The quantitative estimate of drug-likeness (QED) is 0.531. The van der Waals surface area contributed by atoms with Crippen LogP contribution in [0.1, 0.15) is 19.3 Å². The molecule has 0 spiro atoms. The highest BCUT2D eigenvalue weighted by atomic mass is 16.5. The number of allylic oxidation sites excluding steroid dienone is 1. The van der Waals surface area contributed by atoms with E-state index in [1.165, 1.54) is 19.3 Å². The number of hydrogen-bond acceptors (Lipinski definition) is 1. The summed E-state index contributed by atoms with van der Waals surface area (Å²) in [7, 11) is 1.73. The first-order valence-electron chi connectivity index (χ1n) is 4.05. The van der Waals surface area contributed by atoms with Crippen LogP contribution in [0.15, 0.2) is 12.3 Å². The van der Waals surface area contributed by atoms with Crippen LogP contribution >= 0.6 is 0 Å². The van der Waals surface area contributed by atoms with Gasteiger partial charge in [-0.15, -0.1) is 0 Å². The predicted molar refractivity (Wildman–Crippen MR) is 40.5 cm³/mol. The molecule has 0 radical (unpaired) electrons. The minimum atomic E-state index is 0.704. The van der Waals surface area contributed by atoms with Gasteiger partial charge in [-0.3, -0.25) is 0 Å². The van der Waals surface area contributed by atoms with Crippen LogP contribution in [0, 0.1) is 17.8 Å². The zero-order chi connectivity index (χ0) is 7.14. The average molecular weight is 138 g/mol. The standard InChI is InChI=1S/C9H14O/c1-6(10-2)8-4-3-7-5-9(7)8/h7-9H,1,3-5H2,2H3. The summed E-state index contributed by atoms with van der Waals surface area (Å²) in [6.45, 7) is 3.91. The van der Waals surface area contributed by atoms with Crippen LogP contribution < -0.4 is 0 Å². The molecule has 1 heteroatoms. The van der Waals surface area contributed by atoms with Gasteiger partial charge in [-0.05, 0) is 31.1 Å². The van der Waals surface area contributed by atoms with Crippen LogP contribution in [0.3, 0.4) is 0 Å². The van der Waals surface area contributed by atoms with E-state index >= 15 is 0 Å². The molecule has 0 bridgehead atoms. The molecule has 0 saturated heterocycles. The maximum Gasteiger partial charge on any atom is 0.0917 e. The summed E-state index contributed by atoms with van der Waals surface area (Å²) in [5.74, 6) is 3.71. The van der Waals surface area contributed by atoms with Crippen molar-refractivity contribution < 1.29 is 4.74 Å². The molecule has 0 N–H and O–H groups in total. The first kappa shape index (κ1) is 6.26. The molecule has 0 aromatic carbocycles. The van der Waals surface area contributed by atoms with Crippen LogP contribution in [0.4, 0.5) is 0 Å². The van der Waals surface area contributed by atoms with Gasteiger partial charge in [-0.1, -0.05) is 6.58 Å². The Labute approximate surface area is 62.1 Å². The molecular weight excluding hydrogens is 124 g/mol. The summed E-state index contributed by atoms with van der Waals surface area (Å²) < 4.78 is 5.14. The molecule has 0 aromatic rings. The average Bonchev–Trinajstić information content (AvgIpc) is 2.62. The van der Waals surface area contributed by atoms with E-state index in [-0.39, 0.29) is 0 Å². The van der Waals surface area contributed by atoms with Crippen molar-refractivity contribution in [1.29, 1.82) is 0 Å². The Hall–Kier alpha value is -0.460.